The molecule has 0 spiro atoms. The molecule has 0 unspecified atom stereocenters. The fourth-order valence-corrected chi connectivity index (χ4v) is 4.82. The van der Waals surface area contributed by atoms with Crippen LogP contribution in [0.5, 0.6) is 0 Å². The molecule has 9 heteroatoms. The van der Waals surface area contributed by atoms with Crippen molar-refractivity contribution >= 4 is 39.1 Å². The number of sulfonamides is 1. The molecule has 1 saturated heterocycles. The molecule has 1 amide bonds. The Labute approximate surface area is 175 Å². The lowest BCUT2D eigenvalue weighted by Crippen LogP contribution is -2.47. The molecule has 0 saturated carbocycles. The zero-order valence-electron chi connectivity index (χ0n) is 15.4. The Kier molecular flexibility index (Phi) is 6.62. The van der Waals surface area contributed by atoms with Gasteiger partial charge in [-0.3, -0.25) is 4.79 Å². The first-order chi connectivity index (χ1) is 13.3. The number of nitrogens with zero attached hydrogens (tertiary/aromatic N) is 2. The molecule has 0 aromatic heterocycles. The van der Waals surface area contributed by atoms with Crippen molar-refractivity contribution in [3.63, 3.8) is 0 Å². The van der Waals surface area contributed by atoms with Gasteiger partial charge in [0, 0.05) is 37.7 Å². The second-order valence-electron chi connectivity index (χ2n) is 6.66. The second kappa shape index (κ2) is 8.80. The highest BCUT2D eigenvalue weighted by Gasteiger charge is 2.27. The molecule has 1 aliphatic heterocycles. The summed E-state index contributed by atoms with van der Waals surface area (Å²) in [4.78, 5) is 14.6. The first-order valence-corrected chi connectivity index (χ1v) is 11.0. The molecule has 1 aliphatic rings. The Morgan fingerprint density at radius 3 is 2.29 bits per heavy atom. The molecule has 3 rings (SSSR count). The molecule has 28 heavy (non-hydrogen) atoms. The molecular formula is C19H21Cl2N3O3S. The summed E-state index contributed by atoms with van der Waals surface area (Å²) in [6.07, 6.45) is 0. The van der Waals surface area contributed by atoms with Crippen LogP contribution in [0.3, 0.4) is 0 Å². The van der Waals surface area contributed by atoms with Crippen LogP contribution in [0.25, 0.3) is 0 Å². The molecule has 6 nitrogen and oxygen atoms in total. The monoisotopic (exact) mass is 441 g/mol. The summed E-state index contributed by atoms with van der Waals surface area (Å²) in [5.74, 6) is -0.323. The molecule has 0 atom stereocenters. The van der Waals surface area contributed by atoms with Crippen molar-refractivity contribution < 1.29 is 13.2 Å². The fraction of sp³-hybridized carbons (Fsp3) is 0.316. The van der Waals surface area contributed by atoms with Crippen molar-refractivity contribution in [1.82, 2.24) is 14.5 Å². The molecule has 150 valence electrons. The van der Waals surface area contributed by atoms with Gasteiger partial charge in [-0.15, -0.1) is 0 Å². The summed E-state index contributed by atoms with van der Waals surface area (Å²) in [7, 11) is -1.52. The zero-order valence-corrected chi connectivity index (χ0v) is 17.7. The summed E-state index contributed by atoms with van der Waals surface area (Å²) < 4.78 is 27.0. The van der Waals surface area contributed by atoms with Crippen LogP contribution in [0.4, 0.5) is 0 Å². The topological polar surface area (TPSA) is 69.7 Å². The van der Waals surface area contributed by atoms with Gasteiger partial charge in [-0.1, -0.05) is 35.3 Å². The van der Waals surface area contributed by atoms with E-state index in [1.54, 1.807) is 36.4 Å². The summed E-state index contributed by atoms with van der Waals surface area (Å²) >= 11 is 11.9. The summed E-state index contributed by atoms with van der Waals surface area (Å²) in [6.45, 7) is 2.66. The predicted molar refractivity (Wildman–Crippen MR) is 110 cm³/mol. The Balaban J connectivity index is 1.63. The normalized spacial score (nSPS) is 16.1. The largest absolute Gasteiger partial charge is 0.348 e. The van der Waals surface area contributed by atoms with Gasteiger partial charge >= 0.3 is 0 Å². The minimum Gasteiger partial charge on any atom is -0.348 e. The van der Waals surface area contributed by atoms with E-state index in [1.807, 2.05) is 7.05 Å². The lowest BCUT2D eigenvalue weighted by molar-refractivity contribution is 0.0951. The third-order valence-electron chi connectivity index (χ3n) is 4.65. The molecule has 2 aromatic carbocycles. The van der Waals surface area contributed by atoms with E-state index in [0.29, 0.717) is 23.7 Å². The van der Waals surface area contributed by atoms with Crippen molar-refractivity contribution in [3.8, 4) is 0 Å². The molecule has 1 N–H and O–H groups in total. The summed E-state index contributed by atoms with van der Waals surface area (Å²) in [5.41, 5.74) is 1.12. The van der Waals surface area contributed by atoms with Crippen molar-refractivity contribution in [2.45, 2.75) is 11.4 Å². The van der Waals surface area contributed by atoms with Gasteiger partial charge in [0.15, 0.2) is 0 Å². The van der Waals surface area contributed by atoms with Crippen LogP contribution in [0.15, 0.2) is 47.4 Å². The van der Waals surface area contributed by atoms with Crippen LogP contribution in [-0.2, 0) is 16.6 Å². The molecule has 0 bridgehead atoms. The minimum atomic E-state index is -3.50. The van der Waals surface area contributed by atoms with Crippen molar-refractivity contribution in [2.24, 2.45) is 0 Å². The highest BCUT2D eigenvalue weighted by molar-refractivity contribution is 7.89. The summed E-state index contributed by atoms with van der Waals surface area (Å²) in [5, 5.41) is 3.50. The number of amides is 1. The minimum absolute atomic E-state index is 0.257. The van der Waals surface area contributed by atoms with Gasteiger partial charge in [0.2, 0.25) is 10.0 Å². The van der Waals surface area contributed by atoms with Gasteiger partial charge in [0.05, 0.1) is 15.5 Å². The van der Waals surface area contributed by atoms with E-state index >= 15 is 0 Å². The van der Waals surface area contributed by atoms with E-state index < -0.39 is 10.0 Å². The number of benzene rings is 2. The van der Waals surface area contributed by atoms with Gasteiger partial charge in [0.25, 0.3) is 5.91 Å². The molecular weight excluding hydrogens is 421 g/mol. The average Bonchev–Trinajstić information content (AvgIpc) is 2.67. The van der Waals surface area contributed by atoms with Gasteiger partial charge in [-0.25, -0.2) is 8.42 Å². The zero-order chi connectivity index (χ0) is 20.3. The fourth-order valence-electron chi connectivity index (χ4n) is 2.91. The van der Waals surface area contributed by atoms with Gasteiger partial charge in [0.1, 0.15) is 0 Å². The SMILES string of the molecule is CN1CCN(S(=O)(=O)c2ccc(CNC(=O)c3ccc(Cl)cc3Cl)cc2)CC1. The lowest BCUT2D eigenvalue weighted by atomic mass is 10.2. The smallest absolute Gasteiger partial charge is 0.253 e. The number of hydrogen-bond donors (Lipinski definition) is 1. The third-order valence-corrected chi connectivity index (χ3v) is 7.11. The maximum Gasteiger partial charge on any atom is 0.253 e. The number of nitrogens with one attached hydrogen (secondary N) is 1. The molecule has 1 fully saturated rings. The summed E-state index contributed by atoms with van der Waals surface area (Å²) in [6, 6.07) is 11.2. The Hall–Kier alpha value is -1.64. The van der Waals surface area contributed by atoms with E-state index in [2.05, 4.69) is 10.2 Å². The quantitative estimate of drug-likeness (QED) is 0.774. The predicted octanol–water partition coefficient (Wildman–Crippen LogP) is 2.86. The first-order valence-electron chi connectivity index (χ1n) is 8.78. The van der Waals surface area contributed by atoms with Crippen molar-refractivity contribution in [1.29, 1.82) is 0 Å². The Morgan fingerprint density at radius 1 is 1.04 bits per heavy atom. The maximum atomic E-state index is 12.7. The average molecular weight is 442 g/mol. The Morgan fingerprint density at radius 2 is 1.68 bits per heavy atom. The van der Waals surface area contributed by atoms with E-state index in [9.17, 15) is 13.2 Å². The van der Waals surface area contributed by atoms with Gasteiger partial charge in [-0.05, 0) is 42.9 Å². The van der Waals surface area contributed by atoms with Gasteiger partial charge in [-0.2, -0.15) is 4.31 Å². The maximum absolute atomic E-state index is 12.7. The highest BCUT2D eigenvalue weighted by atomic mass is 35.5. The van der Waals surface area contributed by atoms with Crippen LogP contribution in [-0.4, -0.2) is 56.8 Å². The van der Waals surface area contributed by atoms with E-state index in [1.165, 1.54) is 10.4 Å². The van der Waals surface area contributed by atoms with Crippen LogP contribution >= 0.6 is 23.2 Å². The van der Waals surface area contributed by atoms with E-state index in [-0.39, 0.29) is 22.4 Å². The molecule has 0 radical (unpaired) electrons. The molecule has 0 aliphatic carbocycles. The van der Waals surface area contributed by atoms with Crippen molar-refractivity contribution in [3.05, 3.63) is 63.6 Å². The highest BCUT2D eigenvalue weighted by Crippen LogP contribution is 2.21. The van der Waals surface area contributed by atoms with Crippen molar-refractivity contribution in [2.75, 3.05) is 33.2 Å². The second-order valence-corrected chi connectivity index (χ2v) is 9.44. The number of hydrogen-bond acceptors (Lipinski definition) is 4. The van der Waals surface area contributed by atoms with Gasteiger partial charge < -0.3 is 10.2 Å². The Bertz CT molecular complexity index is 957. The standard InChI is InChI=1S/C19H21Cl2N3O3S/c1-23-8-10-24(11-9-23)28(26,27)16-5-2-14(3-6-16)13-22-19(25)17-7-4-15(20)12-18(17)21/h2-7,12H,8-11,13H2,1H3,(H,22,25). The van der Waals surface area contributed by atoms with E-state index in [0.717, 1.165) is 18.7 Å². The lowest BCUT2D eigenvalue weighted by Gasteiger charge is -2.31. The first kappa shape index (κ1) is 21.1. The third kappa shape index (κ3) is 4.85. The number of carbonyl (C=O) groups is 1. The number of halogens is 2. The van der Waals surface area contributed by atoms with Crippen LogP contribution < -0.4 is 5.32 Å². The number of rotatable bonds is 5. The van der Waals surface area contributed by atoms with E-state index in [4.69, 9.17) is 23.2 Å². The van der Waals surface area contributed by atoms with Crippen LogP contribution in [0.2, 0.25) is 10.0 Å². The number of piperazine rings is 1. The molecule has 2 aromatic rings. The van der Waals surface area contributed by atoms with Crippen LogP contribution in [0, 0.1) is 0 Å². The number of likely N-dealkylation sites (N-methyl/N-ethyl adjacent to an activating group) is 1. The molecule has 1 heterocycles. The van der Waals surface area contributed by atoms with Crippen LogP contribution in [0.1, 0.15) is 15.9 Å². The number of carbonyl (C=O) groups excluding carboxylic acids is 1.